The summed E-state index contributed by atoms with van der Waals surface area (Å²) in [5, 5.41) is 0. The van der Waals surface area contributed by atoms with Crippen molar-refractivity contribution >= 4 is 67.2 Å². The molecule has 0 unspecified atom stereocenters. The number of sulfone groups is 3. The van der Waals surface area contributed by atoms with Gasteiger partial charge in [0, 0.05) is 98.1 Å². The van der Waals surface area contributed by atoms with Crippen LogP contribution in [0.5, 0.6) is 0 Å². The van der Waals surface area contributed by atoms with Gasteiger partial charge in [0.15, 0.2) is 29.5 Å². The molecule has 14 nitrogen and oxygen atoms in total. The van der Waals surface area contributed by atoms with E-state index >= 15 is 0 Å². The maximum Gasteiger partial charge on any atom is 0.416 e. The minimum atomic E-state index is -4.46. The fourth-order valence-corrected chi connectivity index (χ4v) is 9.54. The van der Waals surface area contributed by atoms with Crippen LogP contribution in [0, 0.1) is 12.7 Å². The molecule has 0 bridgehead atoms. The lowest BCUT2D eigenvalue weighted by Gasteiger charge is -2.11. The van der Waals surface area contributed by atoms with Crippen LogP contribution in [0.2, 0.25) is 0 Å². The molecule has 0 radical (unpaired) electrons. The average Bonchev–Trinajstić information content (AvgIpc) is 3.97. The van der Waals surface area contributed by atoms with Crippen LogP contribution in [-0.4, -0.2) is 78.1 Å². The Hall–Kier alpha value is -6.56. The third kappa shape index (κ3) is 20.9. The van der Waals surface area contributed by atoms with Crippen LogP contribution >= 0.6 is 31.9 Å². The number of nitrogens with two attached hydrogens (primary N) is 1. The number of alkyl halides is 9. The molecule has 2 N–H and O–H groups in total. The van der Waals surface area contributed by atoms with Crippen LogP contribution in [0.4, 0.5) is 49.7 Å². The Morgan fingerprint density at radius 2 is 0.911 bits per heavy atom. The van der Waals surface area contributed by atoms with Crippen molar-refractivity contribution < 1.29 is 69.2 Å². The van der Waals surface area contributed by atoms with Crippen LogP contribution in [0.15, 0.2) is 158 Å². The van der Waals surface area contributed by atoms with E-state index in [0.717, 1.165) is 85.5 Å². The molecule has 0 saturated heterocycles. The van der Waals surface area contributed by atoms with Crippen molar-refractivity contribution in [2.45, 2.75) is 53.0 Å². The first-order valence-corrected chi connectivity index (χ1v) is 29.3. The highest BCUT2D eigenvalue weighted by Crippen LogP contribution is 2.33. The SMILES string of the molecule is CS(=O)(=O)c1ccc(Cc2cc(C(F)(F)F)ccn2)c(Br)c1.CS(=O)(=O)c1ccc(F)c(Br)c1.Cc1cn(C)cn1.Cn1cnc(-c2cc(S(C)(=O)=O)ccc2Cc2cc(C(F)(F)F)ccn2)c1.Nc1cc(C(F)(F)F)ccn1. The number of aromatic nitrogens is 7. The number of rotatable bonds is 8. The maximum atomic E-state index is 12.9. The van der Waals surface area contributed by atoms with Gasteiger partial charge >= 0.3 is 18.5 Å². The number of nitrogens with zero attached hydrogens (tertiary/aromatic N) is 7. The first-order valence-electron chi connectivity index (χ1n) is 22.0. The van der Waals surface area contributed by atoms with Gasteiger partial charge in [-0.15, -0.1) is 0 Å². The van der Waals surface area contributed by atoms with Gasteiger partial charge in [-0.05, 0) is 113 Å². The molecule has 0 spiro atoms. The van der Waals surface area contributed by atoms with Crippen LogP contribution in [0.3, 0.4) is 0 Å². The third-order valence-electron chi connectivity index (χ3n) is 10.2. The number of aryl methyl sites for hydroxylation is 3. The minimum Gasteiger partial charge on any atom is -0.384 e. The number of nitrogen functional groups attached to an aromatic ring is 1. The van der Waals surface area contributed by atoms with Gasteiger partial charge in [-0.1, -0.05) is 28.1 Å². The molecule has 0 aliphatic carbocycles. The zero-order valence-corrected chi connectivity index (χ0v) is 47.7. The van der Waals surface area contributed by atoms with Crippen molar-refractivity contribution in [1.82, 2.24) is 34.1 Å². The van der Waals surface area contributed by atoms with Gasteiger partial charge in [0.05, 0.1) is 59.9 Å². The monoisotopic (exact) mass is 1300 g/mol. The highest BCUT2D eigenvalue weighted by Gasteiger charge is 2.32. The van der Waals surface area contributed by atoms with Gasteiger partial charge in [0.25, 0.3) is 0 Å². The van der Waals surface area contributed by atoms with Crippen molar-refractivity contribution in [2.24, 2.45) is 14.1 Å². The summed E-state index contributed by atoms with van der Waals surface area (Å²) in [7, 11) is -6.29. The summed E-state index contributed by atoms with van der Waals surface area (Å²) >= 11 is 6.14. The van der Waals surface area contributed by atoms with Crippen LogP contribution in [0.1, 0.15) is 44.9 Å². The first-order chi connectivity index (χ1) is 36.3. The Kier molecular flexibility index (Phi) is 21.9. The summed E-state index contributed by atoms with van der Waals surface area (Å²) in [6, 6.07) is 18.0. The Balaban J connectivity index is 0.000000229. The van der Waals surface area contributed by atoms with E-state index in [0.29, 0.717) is 26.9 Å². The molecule has 79 heavy (non-hydrogen) atoms. The second-order valence-electron chi connectivity index (χ2n) is 17.0. The molecule has 0 aliphatic heterocycles. The minimum absolute atomic E-state index is 0.107. The number of benzene rings is 3. The van der Waals surface area contributed by atoms with Gasteiger partial charge in [-0.3, -0.25) is 9.97 Å². The Morgan fingerprint density at radius 1 is 0.506 bits per heavy atom. The van der Waals surface area contributed by atoms with Gasteiger partial charge in [-0.25, -0.2) is 44.6 Å². The predicted molar refractivity (Wildman–Crippen MR) is 282 cm³/mol. The molecule has 8 rings (SSSR count). The third-order valence-corrected chi connectivity index (χ3v) is 14.9. The summed E-state index contributed by atoms with van der Waals surface area (Å²) in [6.07, 6.45) is 0.601. The Morgan fingerprint density at radius 3 is 1.28 bits per heavy atom. The molecule has 29 heteroatoms. The quantitative estimate of drug-likeness (QED) is 0.112. The molecule has 424 valence electrons. The van der Waals surface area contributed by atoms with E-state index in [1.54, 1.807) is 42.6 Å². The lowest BCUT2D eigenvalue weighted by Crippen LogP contribution is -2.07. The maximum absolute atomic E-state index is 12.9. The van der Waals surface area contributed by atoms with E-state index in [1.807, 2.05) is 24.7 Å². The highest BCUT2D eigenvalue weighted by atomic mass is 79.9. The lowest BCUT2D eigenvalue weighted by atomic mass is 10.00. The first kappa shape index (κ1) is 65.0. The van der Waals surface area contributed by atoms with Crippen LogP contribution < -0.4 is 5.73 Å². The van der Waals surface area contributed by atoms with Gasteiger partial charge in [0.1, 0.15) is 11.6 Å². The van der Waals surface area contributed by atoms with Crippen LogP contribution in [0.25, 0.3) is 11.3 Å². The van der Waals surface area contributed by atoms with Crippen LogP contribution in [-0.2, 0) is 75.0 Å². The molecule has 5 aromatic heterocycles. The van der Waals surface area contributed by atoms with Gasteiger partial charge < -0.3 is 14.9 Å². The fraction of sp³-hybridized carbons (Fsp3) is 0.220. The highest BCUT2D eigenvalue weighted by molar-refractivity contribution is 9.10. The number of halogens is 12. The zero-order chi connectivity index (χ0) is 59.5. The molecule has 5 heterocycles. The van der Waals surface area contributed by atoms with Crippen molar-refractivity contribution in [3.8, 4) is 11.3 Å². The fourth-order valence-electron chi connectivity index (χ4n) is 6.40. The number of imidazole rings is 2. The number of anilines is 1. The van der Waals surface area contributed by atoms with Crippen molar-refractivity contribution in [1.29, 1.82) is 0 Å². The second-order valence-corrected chi connectivity index (χ2v) is 24.7. The topological polar surface area (TPSA) is 203 Å². The van der Waals surface area contributed by atoms with Gasteiger partial charge in [0.2, 0.25) is 0 Å². The summed E-state index contributed by atoms with van der Waals surface area (Å²) < 4.78 is 198. The number of hydrogen-bond acceptors (Lipinski definition) is 12. The number of pyridine rings is 3. The van der Waals surface area contributed by atoms with E-state index in [2.05, 4.69) is 56.8 Å². The van der Waals surface area contributed by atoms with E-state index in [9.17, 15) is 69.2 Å². The van der Waals surface area contributed by atoms with E-state index in [-0.39, 0.29) is 49.2 Å². The smallest absolute Gasteiger partial charge is 0.384 e. The molecule has 0 saturated carbocycles. The second kappa shape index (κ2) is 26.6. The molecule has 8 aromatic rings. The zero-order valence-electron chi connectivity index (χ0n) is 42.0. The molecule has 0 amide bonds. The summed E-state index contributed by atoms with van der Waals surface area (Å²) in [4.78, 5) is 19.9. The van der Waals surface area contributed by atoms with Crippen molar-refractivity contribution in [3.63, 3.8) is 0 Å². The molecular formula is C50H46Br2F10N8O6S3. The predicted octanol–water partition coefficient (Wildman–Crippen LogP) is 11.8. The average molecular weight is 1300 g/mol. The number of hydrogen-bond donors (Lipinski definition) is 1. The summed E-state index contributed by atoms with van der Waals surface area (Å²) in [5.41, 5.74) is 6.64. The van der Waals surface area contributed by atoms with E-state index in [4.69, 9.17) is 5.73 Å². The largest absolute Gasteiger partial charge is 0.416 e. The standard InChI is InChI=1S/C18H16F3N3O2S.C14H11BrF3NO2S.C7H6BrFO2S.C6H5F3N2.C5H8N2/c1-24-10-17(23-11-24)16-9-15(27(2,25)26)4-3-12(16)7-14-8-13(5-6-22-14)18(19,20)21;1-22(20,21)12-3-2-9(13(15)8-12)6-11-7-10(4-5-19-11)14(16,17)18;1-12(10,11)5-2-3-7(9)6(8)4-5;7-6(8,9)4-1-2-11-5(10)3-4;1-5-3-7(2)4-6-5/h3-6,8-11H,7H2,1-2H3;2-5,7-8H,6H2,1H3;2-4H,1H3;1-3H,(H2,10,11);3-4H,1-2H3. The Labute approximate surface area is 464 Å². The molecule has 3 aromatic carbocycles. The molecular weight excluding hydrogens is 1250 g/mol. The van der Waals surface area contributed by atoms with Crippen molar-refractivity contribution in [2.75, 3.05) is 24.5 Å². The molecule has 0 fully saturated rings. The summed E-state index contributed by atoms with van der Waals surface area (Å²) in [6.45, 7) is 1.97. The summed E-state index contributed by atoms with van der Waals surface area (Å²) in [5.74, 6) is -0.595. The van der Waals surface area contributed by atoms with E-state index < -0.39 is 70.5 Å². The molecule has 0 atom stereocenters. The Bertz CT molecular complexity index is 3730. The lowest BCUT2D eigenvalue weighted by molar-refractivity contribution is -0.138. The normalized spacial score (nSPS) is 11.9. The molecule has 0 aliphatic rings. The van der Waals surface area contributed by atoms with Gasteiger partial charge in [-0.2, -0.15) is 39.5 Å². The van der Waals surface area contributed by atoms with Crippen molar-refractivity contribution in [3.05, 3.63) is 194 Å². The van der Waals surface area contributed by atoms with E-state index in [1.165, 1.54) is 36.4 Å².